The highest BCUT2D eigenvalue weighted by molar-refractivity contribution is 5.05. The summed E-state index contributed by atoms with van der Waals surface area (Å²) < 4.78 is 5.10. The SMILES string of the molecule is CN1CCOCC1.Cc1ccncc1. The second-order valence-electron chi connectivity index (χ2n) is 3.44. The highest BCUT2D eigenvalue weighted by atomic mass is 16.5. The fourth-order valence-corrected chi connectivity index (χ4v) is 1.08. The lowest BCUT2D eigenvalue weighted by molar-refractivity contribution is 0.0503. The minimum Gasteiger partial charge on any atom is -0.379 e. The molecule has 0 bridgehead atoms. The fourth-order valence-electron chi connectivity index (χ4n) is 1.08. The molecule has 2 rings (SSSR count). The number of nitrogens with zero attached hydrogens (tertiary/aromatic N) is 2. The lowest BCUT2D eigenvalue weighted by Gasteiger charge is -2.21. The van der Waals surface area contributed by atoms with E-state index in [2.05, 4.69) is 16.9 Å². The molecule has 0 amide bonds. The highest BCUT2D eigenvalue weighted by Gasteiger charge is 2.02. The van der Waals surface area contributed by atoms with Gasteiger partial charge >= 0.3 is 0 Å². The first-order valence-electron chi connectivity index (χ1n) is 4.92. The Labute approximate surface area is 85.7 Å². The lowest BCUT2D eigenvalue weighted by atomic mass is 10.3. The topological polar surface area (TPSA) is 25.4 Å². The average molecular weight is 194 g/mol. The Morgan fingerprint density at radius 3 is 2.07 bits per heavy atom. The molecule has 1 fully saturated rings. The van der Waals surface area contributed by atoms with Crippen molar-refractivity contribution in [3.05, 3.63) is 30.1 Å². The first-order valence-corrected chi connectivity index (χ1v) is 4.92. The summed E-state index contributed by atoms with van der Waals surface area (Å²) in [6.45, 7) is 6.06. The number of ether oxygens (including phenoxy) is 1. The van der Waals surface area contributed by atoms with Crippen LogP contribution in [0.3, 0.4) is 0 Å². The van der Waals surface area contributed by atoms with E-state index in [1.54, 1.807) is 12.4 Å². The summed E-state index contributed by atoms with van der Waals surface area (Å²) >= 11 is 0. The van der Waals surface area contributed by atoms with E-state index in [0.29, 0.717) is 0 Å². The molecule has 0 atom stereocenters. The predicted molar refractivity (Wildman–Crippen MR) is 57.3 cm³/mol. The Morgan fingerprint density at radius 2 is 1.79 bits per heavy atom. The van der Waals surface area contributed by atoms with Gasteiger partial charge in [-0.15, -0.1) is 0 Å². The van der Waals surface area contributed by atoms with Crippen molar-refractivity contribution in [2.24, 2.45) is 0 Å². The smallest absolute Gasteiger partial charge is 0.0594 e. The summed E-state index contributed by atoms with van der Waals surface area (Å²) in [5.41, 5.74) is 1.26. The standard InChI is InChI=1S/C6H7N.C5H11NO/c2*1-6-2-4-7-5-3-6/h2-5H,1H3;2-5H2,1H3. The van der Waals surface area contributed by atoms with E-state index >= 15 is 0 Å². The van der Waals surface area contributed by atoms with Crippen LogP contribution in [-0.2, 0) is 4.74 Å². The molecular weight excluding hydrogens is 176 g/mol. The van der Waals surface area contributed by atoms with Crippen molar-refractivity contribution in [3.8, 4) is 0 Å². The maximum atomic E-state index is 5.10. The second-order valence-corrected chi connectivity index (χ2v) is 3.44. The van der Waals surface area contributed by atoms with Crippen LogP contribution < -0.4 is 0 Å². The quantitative estimate of drug-likeness (QED) is 0.623. The minimum atomic E-state index is 0.913. The maximum Gasteiger partial charge on any atom is 0.0594 e. The van der Waals surface area contributed by atoms with Crippen LogP contribution in [0.2, 0.25) is 0 Å². The van der Waals surface area contributed by atoms with E-state index in [1.165, 1.54) is 5.56 Å². The first kappa shape index (κ1) is 11.1. The molecule has 1 aromatic rings. The molecule has 0 saturated carbocycles. The van der Waals surface area contributed by atoms with Gasteiger partial charge in [0.05, 0.1) is 13.2 Å². The van der Waals surface area contributed by atoms with Crippen molar-refractivity contribution < 1.29 is 4.74 Å². The lowest BCUT2D eigenvalue weighted by Crippen LogP contribution is -2.32. The van der Waals surface area contributed by atoms with Gasteiger partial charge in [-0.05, 0) is 31.7 Å². The molecule has 1 saturated heterocycles. The van der Waals surface area contributed by atoms with Gasteiger partial charge in [0.25, 0.3) is 0 Å². The zero-order valence-electron chi connectivity index (χ0n) is 8.94. The van der Waals surface area contributed by atoms with Gasteiger partial charge in [0, 0.05) is 25.5 Å². The number of hydrogen-bond donors (Lipinski definition) is 0. The Morgan fingerprint density at radius 1 is 1.21 bits per heavy atom. The number of aryl methyl sites for hydroxylation is 1. The number of pyridine rings is 1. The van der Waals surface area contributed by atoms with Crippen molar-refractivity contribution in [1.29, 1.82) is 0 Å². The monoisotopic (exact) mass is 194 g/mol. The van der Waals surface area contributed by atoms with Gasteiger partial charge in [0.1, 0.15) is 0 Å². The van der Waals surface area contributed by atoms with Gasteiger partial charge in [0.15, 0.2) is 0 Å². The number of aromatic nitrogens is 1. The maximum absolute atomic E-state index is 5.10. The van der Waals surface area contributed by atoms with Crippen molar-refractivity contribution in [3.63, 3.8) is 0 Å². The van der Waals surface area contributed by atoms with Crippen LogP contribution in [0.15, 0.2) is 24.5 Å². The van der Waals surface area contributed by atoms with Crippen LogP contribution >= 0.6 is 0 Å². The molecule has 0 radical (unpaired) electrons. The molecule has 0 unspecified atom stereocenters. The van der Waals surface area contributed by atoms with Crippen LogP contribution in [0.5, 0.6) is 0 Å². The molecular formula is C11H18N2O. The molecule has 1 aromatic heterocycles. The Balaban J connectivity index is 0.000000140. The molecule has 0 N–H and O–H groups in total. The number of rotatable bonds is 0. The third-order valence-corrected chi connectivity index (χ3v) is 2.08. The average Bonchev–Trinajstić information content (AvgIpc) is 2.21. The number of hydrogen-bond acceptors (Lipinski definition) is 3. The number of likely N-dealkylation sites (N-methyl/N-ethyl adjacent to an activating group) is 1. The van der Waals surface area contributed by atoms with Crippen LogP contribution in [0.1, 0.15) is 5.56 Å². The van der Waals surface area contributed by atoms with Crippen LogP contribution in [0.4, 0.5) is 0 Å². The molecule has 14 heavy (non-hydrogen) atoms. The van der Waals surface area contributed by atoms with E-state index in [0.717, 1.165) is 26.3 Å². The van der Waals surface area contributed by atoms with Crippen molar-refractivity contribution in [1.82, 2.24) is 9.88 Å². The summed E-state index contributed by atoms with van der Waals surface area (Å²) in [7, 11) is 2.11. The summed E-state index contributed by atoms with van der Waals surface area (Å²) in [5, 5.41) is 0. The molecule has 2 heterocycles. The van der Waals surface area contributed by atoms with Crippen LogP contribution in [0.25, 0.3) is 0 Å². The van der Waals surface area contributed by atoms with Crippen LogP contribution in [-0.4, -0.2) is 43.2 Å². The summed E-state index contributed by atoms with van der Waals surface area (Å²) in [5.74, 6) is 0. The van der Waals surface area contributed by atoms with Gasteiger partial charge in [0.2, 0.25) is 0 Å². The van der Waals surface area contributed by atoms with Gasteiger partial charge in [-0.2, -0.15) is 0 Å². The molecule has 1 aliphatic rings. The highest BCUT2D eigenvalue weighted by Crippen LogP contribution is 1.90. The molecule has 3 nitrogen and oxygen atoms in total. The molecule has 0 spiro atoms. The molecule has 1 aliphatic heterocycles. The molecule has 0 aromatic carbocycles. The van der Waals surface area contributed by atoms with Crippen molar-refractivity contribution in [2.75, 3.05) is 33.4 Å². The Kier molecular flexibility index (Phi) is 5.19. The summed E-state index contributed by atoms with van der Waals surface area (Å²) in [6, 6.07) is 3.94. The zero-order valence-corrected chi connectivity index (χ0v) is 8.94. The predicted octanol–water partition coefficient (Wildman–Crippen LogP) is 1.34. The van der Waals surface area contributed by atoms with Gasteiger partial charge in [-0.3, -0.25) is 4.98 Å². The van der Waals surface area contributed by atoms with Gasteiger partial charge in [-0.1, -0.05) is 0 Å². The van der Waals surface area contributed by atoms with Crippen molar-refractivity contribution >= 4 is 0 Å². The third kappa shape index (κ3) is 4.94. The molecule has 78 valence electrons. The van der Waals surface area contributed by atoms with Gasteiger partial charge in [-0.25, -0.2) is 0 Å². The second kappa shape index (κ2) is 6.51. The minimum absolute atomic E-state index is 0.913. The Bertz CT molecular complexity index is 232. The first-order chi connectivity index (χ1) is 6.79. The molecule has 3 heteroatoms. The molecule has 0 aliphatic carbocycles. The normalized spacial score (nSPS) is 17.0. The van der Waals surface area contributed by atoms with E-state index in [-0.39, 0.29) is 0 Å². The van der Waals surface area contributed by atoms with E-state index in [1.807, 2.05) is 19.1 Å². The number of morpholine rings is 1. The van der Waals surface area contributed by atoms with Crippen LogP contribution in [0, 0.1) is 6.92 Å². The van der Waals surface area contributed by atoms with E-state index < -0.39 is 0 Å². The Hall–Kier alpha value is -0.930. The van der Waals surface area contributed by atoms with E-state index in [4.69, 9.17) is 4.74 Å². The largest absolute Gasteiger partial charge is 0.379 e. The van der Waals surface area contributed by atoms with E-state index in [9.17, 15) is 0 Å². The van der Waals surface area contributed by atoms with Gasteiger partial charge < -0.3 is 9.64 Å². The fraction of sp³-hybridized carbons (Fsp3) is 0.545. The van der Waals surface area contributed by atoms with Crippen molar-refractivity contribution in [2.45, 2.75) is 6.92 Å². The summed E-state index contributed by atoms with van der Waals surface area (Å²) in [6.07, 6.45) is 3.57. The third-order valence-electron chi connectivity index (χ3n) is 2.08. The zero-order chi connectivity index (χ0) is 10.2. The summed E-state index contributed by atoms with van der Waals surface area (Å²) in [4.78, 5) is 6.11.